The Morgan fingerprint density at radius 2 is 1.05 bits per heavy atom. The fourth-order valence-corrected chi connectivity index (χ4v) is 5.48. The van der Waals surface area contributed by atoms with E-state index in [9.17, 15) is 0 Å². The molecule has 0 radical (unpaired) electrons. The molecule has 0 aliphatic carbocycles. The minimum absolute atomic E-state index is 0.331. The number of hydrogen-bond acceptors (Lipinski definition) is 1. The van der Waals surface area contributed by atoms with Crippen LogP contribution in [0.5, 0.6) is 0 Å². The third-order valence-corrected chi connectivity index (χ3v) is 7.44. The Balaban J connectivity index is 1.51. The summed E-state index contributed by atoms with van der Waals surface area (Å²) < 4.78 is 31.9. The molecule has 0 bridgehead atoms. The van der Waals surface area contributed by atoms with Crippen molar-refractivity contribution in [3.63, 3.8) is 0 Å². The van der Waals surface area contributed by atoms with Gasteiger partial charge in [-0.3, -0.25) is 0 Å². The predicted molar refractivity (Wildman–Crippen MR) is 169 cm³/mol. The summed E-state index contributed by atoms with van der Waals surface area (Å²) in [7, 11) is 0. The molecule has 0 saturated heterocycles. The number of halogens is 2. The van der Waals surface area contributed by atoms with Crippen LogP contribution in [0, 0.1) is 11.6 Å². The highest BCUT2D eigenvalue weighted by atomic mass is 19.1. The molecule has 3 heteroatoms. The van der Waals surface area contributed by atoms with Crippen molar-refractivity contribution >= 4 is 22.1 Å². The molecule has 0 N–H and O–H groups in total. The van der Waals surface area contributed by atoms with Crippen LogP contribution in [0.1, 0.15) is 20.8 Å². The van der Waals surface area contributed by atoms with Crippen LogP contribution >= 0.6 is 0 Å². The lowest BCUT2D eigenvalue weighted by atomic mass is 9.93. The smallest absolute Gasteiger partial charge is 0.154 e. The first kappa shape index (κ1) is 26.5. The summed E-state index contributed by atoms with van der Waals surface area (Å²) in [5.41, 5.74) is 5.28. The molecule has 1 nitrogen and oxygen atoms in total. The molecule has 0 heterocycles. The fourth-order valence-electron chi connectivity index (χ4n) is 5.48. The molecule has 6 aromatic carbocycles. The van der Waals surface area contributed by atoms with E-state index in [0.29, 0.717) is 16.9 Å². The Hall–Kier alpha value is -4.76. The Morgan fingerprint density at radius 1 is 0.463 bits per heavy atom. The van der Waals surface area contributed by atoms with Gasteiger partial charge in [0.25, 0.3) is 0 Å². The zero-order chi connectivity index (χ0) is 28.6. The number of fused-ring (bicyclic) bond motifs is 1. The molecule has 0 spiro atoms. The van der Waals surface area contributed by atoms with E-state index in [-0.39, 0.29) is 5.82 Å². The second-order valence-corrected chi connectivity index (χ2v) is 11.3. The SMILES string of the molecule is CC(C)(C)N(c1ccccc1F)c1cc(-c2ccccc2)cc(-c2ccc(-c3ccc4ccccc4c3)cc2)c1F. The maximum absolute atomic E-state index is 16.7. The van der Waals surface area contributed by atoms with Crippen molar-refractivity contribution in [3.05, 3.63) is 145 Å². The average Bonchev–Trinajstić information content (AvgIpc) is 2.99. The van der Waals surface area contributed by atoms with Crippen molar-refractivity contribution in [2.45, 2.75) is 26.3 Å². The van der Waals surface area contributed by atoms with Gasteiger partial charge in [0.1, 0.15) is 5.82 Å². The highest BCUT2D eigenvalue weighted by molar-refractivity contribution is 5.88. The zero-order valence-electron chi connectivity index (χ0n) is 23.4. The first-order chi connectivity index (χ1) is 19.8. The van der Waals surface area contributed by atoms with E-state index in [4.69, 9.17) is 0 Å². The molecule has 0 saturated carbocycles. The van der Waals surface area contributed by atoms with Gasteiger partial charge in [0, 0.05) is 11.1 Å². The Kier molecular flexibility index (Phi) is 6.88. The number of rotatable bonds is 5. The third-order valence-electron chi connectivity index (χ3n) is 7.44. The number of nitrogens with zero attached hydrogens (tertiary/aromatic N) is 1. The van der Waals surface area contributed by atoms with E-state index in [2.05, 4.69) is 30.3 Å². The van der Waals surface area contributed by atoms with Crippen molar-refractivity contribution in [1.82, 2.24) is 0 Å². The van der Waals surface area contributed by atoms with Crippen LogP contribution in [0.3, 0.4) is 0 Å². The highest BCUT2D eigenvalue weighted by Crippen LogP contribution is 2.42. The largest absolute Gasteiger partial charge is 0.331 e. The van der Waals surface area contributed by atoms with Crippen molar-refractivity contribution < 1.29 is 8.78 Å². The Bertz CT molecular complexity index is 1830. The predicted octanol–water partition coefficient (Wildman–Crippen LogP) is 11.1. The van der Waals surface area contributed by atoms with Crippen LogP contribution in [-0.4, -0.2) is 5.54 Å². The Labute approximate surface area is 240 Å². The van der Waals surface area contributed by atoms with Gasteiger partial charge >= 0.3 is 0 Å². The number of benzene rings is 6. The van der Waals surface area contributed by atoms with Crippen molar-refractivity contribution in [3.8, 4) is 33.4 Å². The van der Waals surface area contributed by atoms with Gasteiger partial charge in [0.2, 0.25) is 0 Å². The lowest BCUT2D eigenvalue weighted by Crippen LogP contribution is -2.38. The molecular weight excluding hydrogens is 508 g/mol. The topological polar surface area (TPSA) is 3.24 Å². The van der Waals surface area contributed by atoms with E-state index in [0.717, 1.165) is 27.8 Å². The maximum atomic E-state index is 16.7. The molecule has 0 unspecified atom stereocenters. The zero-order valence-corrected chi connectivity index (χ0v) is 23.4. The van der Waals surface area contributed by atoms with Gasteiger partial charge in [-0.2, -0.15) is 0 Å². The van der Waals surface area contributed by atoms with Gasteiger partial charge in [-0.15, -0.1) is 0 Å². The summed E-state index contributed by atoms with van der Waals surface area (Å²) in [4.78, 5) is 1.76. The monoisotopic (exact) mass is 539 g/mol. The van der Waals surface area contributed by atoms with E-state index >= 15 is 8.78 Å². The van der Waals surface area contributed by atoms with E-state index < -0.39 is 11.4 Å². The number of anilines is 2. The normalized spacial score (nSPS) is 11.5. The minimum atomic E-state index is -0.602. The second-order valence-electron chi connectivity index (χ2n) is 11.3. The van der Waals surface area contributed by atoms with Crippen molar-refractivity contribution in [2.75, 3.05) is 4.90 Å². The summed E-state index contributed by atoms with van der Waals surface area (Å²) in [6.07, 6.45) is 0. The first-order valence-electron chi connectivity index (χ1n) is 13.8. The van der Waals surface area contributed by atoms with Crippen LogP contribution in [-0.2, 0) is 0 Å². The first-order valence-corrected chi connectivity index (χ1v) is 13.8. The van der Waals surface area contributed by atoms with E-state index in [1.54, 1.807) is 23.1 Å². The summed E-state index contributed by atoms with van der Waals surface area (Å²) in [6, 6.07) is 42.9. The van der Waals surface area contributed by atoms with Crippen LogP contribution in [0.15, 0.2) is 133 Å². The van der Waals surface area contributed by atoms with E-state index in [1.165, 1.54) is 16.8 Å². The molecule has 0 atom stereocenters. The molecule has 6 aromatic rings. The lowest BCUT2D eigenvalue weighted by molar-refractivity contribution is 0.527. The molecule has 0 aliphatic heterocycles. The average molecular weight is 540 g/mol. The van der Waals surface area contributed by atoms with Gasteiger partial charge in [0.05, 0.1) is 11.4 Å². The molecule has 0 fully saturated rings. The van der Waals surface area contributed by atoms with Crippen LogP contribution in [0.25, 0.3) is 44.2 Å². The van der Waals surface area contributed by atoms with Gasteiger partial charge in [-0.05, 0) is 89.7 Å². The van der Waals surface area contributed by atoms with Gasteiger partial charge in [0.15, 0.2) is 5.82 Å². The van der Waals surface area contributed by atoms with Crippen LogP contribution < -0.4 is 4.90 Å². The van der Waals surface area contributed by atoms with Gasteiger partial charge in [-0.1, -0.05) is 103 Å². The summed E-state index contributed by atoms with van der Waals surface area (Å²) >= 11 is 0. The van der Waals surface area contributed by atoms with Crippen LogP contribution in [0.2, 0.25) is 0 Å². The second kappa shape index (κ2) is 10.7. The lowest BCUT2D eigenvalue weighted by Gasteiger charge is -2.38. The van der Waals surface area contributed by atoms with Crippen molar-refractivity contribution in [2.24, 2.45) is 0 Å². The molecule has 41 heavy (non-hydrogen) atoms. The molecule has 0 aromatic heterocycles. The quantitative estimate of drug-likeness (QED) is 0.211. The molecule has 0 amide bonds. The summed E-state index contributed by atoms with van der Waals surface area (Å²) in [5.74, 6) is -0.783. The van der Waals surface area contributed by atoms with E-state index in [1.807, 2.05) is 99.6 Å². The third kappa shape index (κ3) is 5.24. The summed E-state index contributed by atoms with van der Waals surface area (Å²) in [5, 5.41) is 2.37. The highest BCUT2D eigenvalue weighted by Gasteiger charge is 2.30. The van der Waals surface area contributed by atoms with Crippen molar-refractivity contribution in [1.29, 1.82) is 0 Å². The maximum Gasteiger partial charge on any atom is 0.154 e. The molecular formula is C38H31F2N. The molecule has 202 valence electrons. The molecule has 0 aliphatic rings. The van der Waals surface area contributed by atoms with Gasteiger partial charge in [-0.25, -0.2) is 8.78 Å². The summed E-state index contributed by atoms with van der Waals surface area (Å²) in [6.45, 7) is 5.89. The minimum Gasteiger partial charge on any atom is -0.331 e. The molecule has 6 rings (SSSR count). The standard InChI is InChI=1S/C38H31F2N/c1-38(2,3)41(35-16-10-9-15-34(35)39)36-25-32(26-11-5-4-6-12-26)24-33(37(36)40)29-20-17-28(18-21-29)31-22-19-27-13-7-8-14-30(27)23-31/h4-25H,1-3H3. The van der Waals surface area contributed by atoms with Gasteiger partial charge < -0.3 is 4.90 Å². The van der Waals surface area contributed by atoms with Crippen LogP contribution in [0.4, 0.5) is 20.2 Å². The fraction of sp³-hybridized carbons (Fsp3) is 0.105. The Morgan fingerprint density at radius 3 is 1.76 bits per heavy atom. The number of hydrogen-bond donors (Lipinski definition) is 0. The number of para-hydroxylation sites is 1.